The molecule has 0 aromatic heterocycles. The second kappa shape index (κ2) is 9.58. The van der Waals surface area contributed by atoms with E-state index in [1.165, 1.54) is 55.6 Å². The van der Waals surface area contributed by atoms with E-state index in [2.05, 4.69) is 14.8 Å². The number of carbonyl (C=O) groups is 1. The Bertz CT molecular complexity index is 887. The summed E-state index contributed by atoms with van der Waals surface area (Å²) in [5.41, 5.74) is 0.607. The van der Waals surface area contributed by atoms with Crippen molar-refractivity contribution >= 4 is 21.6 Å². The standard InChI is InChI=1S/C18H20F2N2O5S/c1-12(11-26-2)22-28(24,25)16-9-3-13(4-10-16)17(23)21-14-5-7-15(8-6-14)27-18(19)20/h3-10,12,18,22H,11H2,1-2H3,(H,21,23)/t12-/m1/s1. The van der Waals surface area contributed by atoms with Gasteiger partial charge in [0.05, 0.1) is 11.5 Å². The lowest BCUT2D eigenvalue weighted by molar-refractivity contribution is -0.0498. The van der Waals surface area contributed by atoms with Gasteiger partial charge in [-0.1, -0.05) is 0 Å². The summed E-state index contributed by atoms with van der Waals surface area (Å²) < 4.78 is 60.4. The van der Waals surface area contributed by atoms with Crippen molar-refractivity contribution in [2.24, 2.45) is 0 Å². The molecular formula is C18H20F2N2O5S. The van der Waals surface area contributed by atoms with Gasteiger partial charge < -0.3 is 14.8 Å². The topological polar surface area (TPSA) is 93.7 Å². The Labute approximate surface area is 161 Å². The maximum absolute atomic E-state index is 12.3. The van der Waals surface area contributed by atoms with E-state index in [-0.39, 0.29) is 22.8 Å². The van der Waals surface area contributed by atoms with Gasteiger partial charge in [0.15, 0.2) is 0 Å². The molecule has 7 nitrogen and oxygen atoms in total. The number of rotatable bonds is 9. The van der Waals surface area contributed by atoms with E-state index in [1.807, 2.05) is 0 Å². The third-order valence-corrected chi connectivity index (χ3v) is 5.14. The summed E-state index contributed by atoms with van der Waals surface area (Å²) in [4.78, 5) is 12.3. The summed E-state index contributed by atoms with van der Waals surface area (Å²) in [6.07, 6.45) is 0. The molecule has 0 saturated carbocycles. The first-order valence-electron chi connectivity index (χ1n) is 8.19. The van der Waals surface area contributed by atoms with E-state index in [0.29, 0.717) is 5.69 Å². The molecule has 0 fully saturated rings. The quantitative estimate of drug-likeness (QED) is 0.658. The number of hydrogen-bond acceptors (Lipinski definition) is 5. The van der Waals surface area contributed by atoms with Crippen LogP contribution in [-0.2, 0) is 14.8 Å². The Balaban J connectivity index is 2.03. The number of amides is 1. The molecule has 152 valence electrons. The number of halogens is 2. The van der Waals surface area contributed by atoms with E-state index >= 15 is 0 Å². The Morgan fingerprint density at radius 3 is 2.21 bits per heavy atom. The van der Waals surface area contributed by atoms with Crippen molar-refractivity contribution in [3.8, 4) is 5.75 Å². The second-order valence-corrected chi connectivity index (χ2v) is 7.57. The number of hydrogen-bond donors (Lipinski definition) is 2. The Morgan fingerprint density at radius 1 is 1.07 bits per heavy atom. The van der Waals surface area contributed by atoms with Gasteiger partial charge in [-0.3, -0.25) is 4.79 Å². The molecule has 0 bridgehead atoms. The van der Waals surface area contributed by atoms with E-state index in [1.54, 1.807) is 6.92 Å². The van der Waals surface area contributed by atoms with Gasteiger partial charge in [0.1, 0.15) is 5.75 Å². The van der Waals surface area contributed by atoms with Crippen LogP contribution in [0.5, 0.6) is 5.75 Å². The van der Waals surface area contributed by atoms with E-state index in [9.17, 15) is 22.0 Å². The van der Waals surface area contributed by atoms with Crippen LogP contribution < -0.4 is 14.8 Å². The van der Waals surface area contributed by atoms with Gasteiger partial charge >= 0.3 is 6.61 Å². The lowest BCUT2D eigenvalue weighted by Crippen LogP contribution is -2.35. The first-order chi connectivity index (χ1) is 13.2. The molecule has 0 aliphatic carbocycles. The highest BCUT2D eigenvalue weighted by atomic mass is 32.2. The van der Waals surface area contributed by atoms with Crippen LogP contribution in [0.15, 0.2) is 53.4 Å². The molecule has 10 heteroatoms. The molecule has 2 N–H and O–H groups in total. The first-order valence-corrected chi connectivity index (χ1v) is 9.67. The maximum Gasteiger partial charge on any atom is 0.387 e. The lowest BCUT2D eigenvalue weighted by Gasteiger charge is -2.13. The summed E-state index contributed by atoms with van der Waals surface area (Å²) >= 11 is 0. The molecule has 0 radical (unpaired) electrons. The van der Waals surface area contributed by atoms with E-state index in [0.717, 1.165) is 0 Å². The number of benzene rings is 2. The lowest BCUT2D eigenvalue weighted by atomic mass is 10.2. The monoisotopic (exact) mass is 414 g/mol. The van der Waals surface area contributed by atoms with Gasteiger partial charge in [-0.25, -0.2) is 13.1 Å². The average molecular weight is 414 g/mol. The zero-order valence-corrected chi connectivity index (χ0v) is 16.0. The minimum atomic E-state index is -3.73. The Morgan fingerprint density at radius 2 is 1.68 bits per heavy atom. The van der Waals surface area contributed by atoms with Crippen LogP contribution in [0.2, 0.25) is 0 Å². The highest BCUT2D eigenvalue weighted by Crippen LogP contribution is 2.19. The normalized spacial score (nSPS) is 12.6. The number of methoxy groups -OCH3 is 1. The maximum atomic E-state index is 12.3. The number of nitrogens with one attached hydrogen (secondary N) is 2. The fourth-order valence-corrected chi connectivity index (χ4v) is 3.55. The molecular weight excluding hydrogens is 394 g/mol. The highest BCUT2D eigenvalue weighted by molar-refractivity contribution is 7.89. The molecule has 1 atom stereocenters. The molecule has 0 aliphatic rings. The molecule has 2 aromatic carbocycles. The molecule has 0 aliphatic heterocycles. The smallest absolute Gasteiger partial charge is 0.387 e. The van der Waals surface area contributed by atoms with Crippen molar-refractivity contribution in [2.75, 3.05) is 19.0 Å². The van der Waals surface area contributed by atoms with Gasteiger partial charge in [-0.05, 0) is 55.5 Å². The second-order valence-electron chi connectivity index (χ2n) is 5.86. The van der Waals surface area contributed by atoms with Crippen molar-refractivity contribution in [3.63, 3.8) is 0 Å². The van der Waals surface area contributed by atoms with Crippen molar-refractivity contribution in [1.29, 1.82) is 0 Å². The number of sulfonamides is 1. The van der Waals surface area contributed by atoms with Gasteiger partial charge in [0.25, 0.3) is 5.91 Å². The largest absolute Gasteiger partial charge is 0.435 e. The first kappa shape index (κ1) is 21.7. The van der Waals surface area contributed by atoms with Crippen molar-refractivity contribution in [3.05, 3.63) is 54.1 Å². The van der Waals surface area contributed by atoms with Crippen LogP contribution in [0.1, 0.15) is 17.3 Å². The van der Waals surface area contributed by atoms with E-state index < -0.39 is 28.6 Å². The number of carbonyl (C=O) groups excluding carboxylic acids is 1. The number of alkyl halides is 2. The fourth-order valence-electron chi connectivity index (χ4n) is 2.33. The summed E-state index contributed by atoms with van der Waals surface area (Å²) in [5.74, 6) is -0.509. The number of ether oxygens (including phenoxy) is 2. The number of anilines is 1. The molecule has 0 spiro atoms. The molecule has 2 rings (SSSR count). The van der Waals surface area contributed by atoms with Crippen molar-refractivity contribution in [2.45, 2.75) is 24.5 Å². The van der Waals surface area contributed by atoms with Crippen LogP contribution in [0.3, 0.4) is 0 Å². The summed E-state index contributed by atoms with van der Waals surface area (Å²) in [5, 5.41) is 2.58. The van der Waals surface area contributed by atoms with Gasteiger partial charge in [-0.15, -0.1) is 0 Å². The Kier molecular flexibility index (Phi) is 7.44. The predicted molar refractivity (Wildman–Crippen MR) is 99.1 cm³/mol. The summed E-state index contributed by atoms with van der Waals surface area (Å²) in [6, 6.07) is 10.4. The van der Waals surface area contributed by atoms with Gasteiger partial charge in [-0.2, -0.15) is 8.78 Å². The van der Waals surface area contributed by atoms with Crippen LogP contribution in [0.4, 0.5) is 14.5 Å². The molecule has 0 unspecified atom stereocenters. The highest BCUT2D eigenvalue weighted by Gasteiger charge is 2.18. The van der Waals surface area contributed by atoms with E-state index in [4.69, 9.17) is 4.74 Å². The molecule has 1 amide bonds. The summed E-state index contributed by atoms with van der Waals surface area (Å²) in [7, 11) is -2.26. The minimum Gasteiger partial charge on any atom is -0.435 e. The molecule has 28 heavy (non-hydrogen) atoms. The Hall–Kier alpha value is -2.56. The fraction of sp³-hybridized carbons (Fsp3) is 0.278. The average Bonchev–Trinajstić information content (AvgIpc) is 2.63. The zero-order chi connectivity index (χ0) is 20.7. The van der Waals surface area contributed by atoms with Crippen molar-refractivity contribution in [1.82, 2.24) is 4.72 Å². The van der Waals surface area contributed by atoms with Crippen molar-refractivity contribution < 1.29 is 31.5 Å². The van der Waals surface area contributed by atoms with Crippen LogP contribution in [-0.4, -0.2) is 40.7 Å². The minimum absolute atomic E-state index is 0.0144. The van der Waals surface area contributed by atoms with Crippen LogP contribution in [0.25, 0.3) is 0 Å². The zero-order valence-electron chi connectivity index (χ0n) is 15.2. The third kappa shape index (κ3) is 6.25. The SMILES string of the molecule is COC[C@@H](C)NS(=O)(=O)c1ccc(C(=O)Nc2ccc(OC(F)F)cc2)cc1. The summed E-state index contributed by atoms with van der Waals surface area (Å²) in [6.45, 7) is -1.04. The van der Waals surface area contributed by atoms with Gasteiger partial charge in [0, 0.05) is 24.4 Å². The predicted octanol–water partition coefficient (Wildman–Crippen LogP) is 2.85. The molecule has 0 saturated heterocycles. The molecule has 0 heterocycles. The van der Waals surface area contributed by atoms with Gasteiger partial charge in [0.2, 0.25) is 10.0 Å². The van der Waals surface area contributed by atoms with Crippen LogP contribution >= 0.6 is 0 Å². The molecule has 2 aromatic rings. The van der Waals surface area contributed by atoms with Crippen LogP contribution in [0, 0.1) is 0 Å². The third-order valence-electron chi connectivity index (χ3n) is 3.54.